The highest BCUT2D eigenvalue weighted by Gasteiger charge is 2.12. The monoisotopic (exact) mass is 410 g/mol. The molecule has 1 saturated heterocycles. The topological polar surface area (TPSA) is 75.9 Å². The lowest BCUT2D eigenvalue weighted by Gasteiger charge is -2.22. The highest BCUT2D eigenvalue weighted by Crippen LogP contribution is 2.22. The molecule has 0 saturated carbocycles. The zero-order valence-corrected chi connectivity index (χ0v) is 16.8. The quantitative estimate of drug-likeness (QED) is 0.687. The number of anilines is 2. The Labute approximate surface area is 174 Å². The van der Waals surface area contributed by atoms with Gasteiger partial charge in [-0.25, -0.2) is 0 Å². The van der Waals surface area contributed by atoms with Crippen molar-refractivity contribution in [2.45, 2.75) is 32.2 Å². The van der Waals surface area contributed by atoms with Crippen LogP contribution in [-0.2, 0) is 11.3 Å². The van der Waals surface area contributed by atoms with Crippen molar-refractivity contribution < 1.29 is 4.79 Å². The van der Waals surface area contributed by atoms with Crippen LogP contribution < -0.4 is 10.2 Å². The molecule has 3 aromatic rings. The molecule has 0 atom stereocenters. The van der Waals surface area contributed by atoms with E-state index in [1.807, 2.05) is 24.3 Å². The number of aromatic nitrogens is 4. The van der Waals surface area contributed by atoms with Gasteiger partial charge in [-0.1, -0.05) is 36.6 Å². The van der Waals surface area contributed by atoms with Crippen molar-refractivity contribution >= 4 is 28.9 Å². The van der Waals surface area contributed by atoms with Gasteiger partial charge in [-0.05, 0) is 54.5 Å². The molecule has 1 amide bonds. The summed E-state index contributed by atoms with van der Waals surface area (Å²) in [5, 5.41) is 15.7. The van der Waals surface area contributed by atoms with Crippen molar-refractivity contribution in [3.8, 4) is 11.4 Å². The van der Waals surface area contributed by atoms with E-state index in [9.17, 15) is 4.79 Å². The normalized spacial score (nSPS) is 14.4. The maximum Gasteiger partial charge on any atom is 0.248 e. The molecule has 1 aromatic heterocycles. The molecule has 0 radical (unpaired) electrons. The van der Waals surface area contributed by atoms with E-state index in [4.69, 9.17) is 11.6 Å². The summed E-state index contributed by atoms with van der Waals surface area (Å²) < 4.78 is 0. The van der Waals surface area contributed by atoms with E-state index in [1.54, 1.807) is 12.1 Å². The first-order valence-electron chi connectivity index (χ1n) is 9.86. The zero-order chi connectivity index (χ0) is 20.1. The van der Waals surface area contributed by atoms with Gasteiger partial charge in [0.25, 0.3) is 0 Å². The molecule has 1 aliphatic heterocycles. The van der Waals surface area contributed by atoms with Crippen LogP contribution in [0.25, 0.3) is 11.4 Å². The summed E-state index contributed by atoms with van der Waals surface area (Å²) in [4.78, 5) is 16.0. The molecule has 8 heteroatoms. The number of benzene rings is 2. The first-order chi connectivity index (χ1) is 14.2. The third-order valence-electron chi connectivity index (χ3n) is 4.94. The van der Waals surface area contributed by atoms with Gasteiger partial charge >= 0.3 is 0 Å². The van der Waals surface area contributed by atoms with E-state index in [1.165, 1.54) is 36.2 Å². The predicted octanol–water partition coefficient (Wildman–Crippen LogP) is 4.01. The summed E-state index contributed by atoms with van der Waals surface area (Å²) in [5.74, 6) is 0.227. The first-order valence-corrected chi connectivity index (χ1v) is 10.2. The van der Waals surface area contributed by atoms with Crippen molar-refractivity contribution in [2.75, 3.05) is 23.3 Å². The molecule has 0 unspecified atom stereocenters. The number of rotatable bonds is 5. The van der Waals surface area contributed by atoms with Crippen molar-refractivity contribution in [3.05, 3.63) is 53.6 Å². The number of tetrazole rings is 1. The van der Waals surface area contributed by atoms with Gasteiger partial charge in [-0.3, -0.25) is 4.79 Å². The molecule has 1 fully saturated rings. The average Bonchev–Trinajstić information content (AvgIpc) is 3.01. The standard InChI is InChI=1S/C21H23ClN6O/c22-17-7-5-6-16(14-17)21-24-26-28(25-21)15-20(29)23-18-8-10-19(11-9-18)27-12-3-1-2-4-13-27/h5-11,14H,1-4,12-13,15H2,(H,23,29). The highest BCUT2D eigenvalue weighted by atomic mass is 35.5. The van der Waals surface area contributed by atoms with Gasteiger partial charge in [0.1, 0.15) is 6.54 Å². The number of carbonyl (C=O) groups is 1. The Morgan fingerprint density at radius 1 is 1.03 bits per heavy atom. The number of hydrogen-bond acceptors (Lipinski definition) is 5. The van der Waals surface area contributed by atoms with Crippen LogP contribution in [0.2, 0.25) is 5.02 Å². The molecule has 0 spiro atoms. The smallest absolute Gasteiger partial charge is 0.248 e. The second-order valence-corrected chi connectivity index (χ2v) is 7.59. The fourth-order valence-corrected chi connectivity index (χ4v) is 3.66. The number of nitrogens with zero attached hydrogens (tertiary/aromatic N) is 5. The predicted molar refractivity (Wildman–Crippen MR) is 114 cm³/mol. The Bertz CT molecular complexity index is 963. The molecule has 0 bridgehead atoms. The van der Waals surface area contributed by atoms with Gasteiger partial charge in [0.2, 0.25) is 11.7 Å². The second kappa shape index (κ2) is 9.05. The molecule has 1 N–H and O–H groups in total. The Kier molecular flexibility index (Phi) is 6.05. The minimum atomic E-state index is -0.206. The number of halogens is 1. The Morgan fingerprint density at radius 3 is 2.52 bits per heavy atom. The number of carbonyl (C=O) groups excluding carboxylic acids is 1. The molecule has 1 aliphatic rings. The van der Waals surface area contributed by atoms with Crippen LogP contribution in [-0.4, -0.2) is 39.2 Å². The van der Waals surface area contributed by atoms with Gasteiger partial charge in [0, 0.05) is 35.1 Å². The molecule has 0 aliphatic carbocycles. The van der Waals surface area contributed by atoms with Crippen LogP contribution in [0.1, 0.15) is 25.7 Å². The fraction of sp³-hybridized carbons (Fsp3) is 0.333. The largest absolute Gasteiger partial charge is 0.372 e. The van der Waals surface area contributed by atoms with Crippen molar-refractivity contribution in [2.24, 2.45) is 0 Å². The Morgan fingerprint density at radius 2 is 1.79 bits per heavy atom. The Balaban J connectivity index is 1.35. The molecule has 7 nitrogen and oxygen atoms in total. The van der Waals surface area contributed by atoms with Crippen LogP contribution >= 0.6 is 11.6 Å². The van der Waals surface area contributed by atoms with Gasteiger partial charge in [-0.15, -0.1) is 10.2 Å². The summed E-state index contributed by atoms with van der Waals surface area (Å²) in [6, 6.07) is 15.2. The van der Waals surface area contributed by atoms with Crippen molar-refractivity contribution in [1.82, 2.24) is 20.2 Å². The number of nitrogens with one attached hydrogen (secondary N) is 1. The highest BCUT2D eigenvalue weighted by molar-refractivity contribution is 6.30. The molecule has 4 rings (SSSR count). The van der Waals surface area contributed by atoms with Crippen LogP contribution in [0.3, 0.4) is 0 Å². The van der Waals surface area contributed by atoms with Gasteiger partial charge in [0.15, 0.2) is 0 Å². The molecule has 29 heavy (non-hydrogen) atoms. The summed E-state index contributed by atoms with van der Waals surface area (Å²) in [6.07, 6.45) is 5.08. The van der Waals surface area contributed by atoms with Gasteiger partial charge in [0.05, 0.1) is 0 Å². The molecular weight excluding hydrogens is 388 g/mol. The maximum atomic E-state index is 12.3. The summed E-state index contributed by atoms with van der Waals surface area (Å²) in [5.41, 5.74) is 2.71. The van der Waals surface area contributed by atoms with E-state index < -0.39 is 0 Å². The lowest BCUT2D eigenvalue weighted by molar-refractivity contribution is -0.117. The van der Waals surface area contributed by atoms with Crippen molar-refractivity contribution in [1.29, 1.82) is 0 Å². The van der Waals surface area contributed by atoms with Crippen LogP contribution in [0.4, 0.5) is 11.4 Å². The van der Waals surface area contributed by atoms with Crippen LogP contribution in [0.5, 0.6) is 0 Å². The third-order valence-corrected chi connectivity index (χ3v) is 5.18. The fourth-order valence-electron chi connectivity index (χ4n) is 3.47. The van der Waals surface area contributed by atoms with E-state index in [2.05, 4.69) is 37.8 Å². The number of amides is 1. The maximum absolute atomic E-state index is 12.3. The summed E-state index contributed by atoms with van der Waals surface area (Å²) >= 11 is 5.99. The number of hydrogen-bond donors (Lipinski definition) is 1. The zero-order valence-electron chi connectivity index (χ0n) is 16.1. The second-order valence-electron chi connectivity index (χ2n) is 7.15. The minimum Gasteiger partial charge on any atom is -0.372 e. The SMILES string of the molecule is O=C(Cn1nnc(-c2cccc(Cl)c2)n1)Nc1ccc(N2CCCCCC2)cc1. The summed E-state index contributed by atoms with van der Waals surface area (Å²) in [6.45, 7) is 2.18. The van der Waals surface area contributed by atoms with Crippen molar-refractivity contribution in [3.63, 3.8) is 0 Å². The van der Waals surface area contributed by atoms with Gasteiger partial charge < -0.3 is 10.2 Å². The van der Waals surface area contributed by atoms with E-state index in [-0.39, 0.29) is 12.5 Å². The molecule has 150 valence electrons. The third kappa shape index (κ3) is 5.12. The summed E-state index contributed by atoms with van der Waals surface area (Å²) in [7, 11) is 0. The lowest BCUT2D eigenvalue weighted by atomic mass is 10.2. The molecule has 2 aromatic carbocycles. The minimum absolute atomic E-state index is 0.0125. The first kappa shape index (κ1) is 19.4. The lowest BCUT2D eigenvalue weighted by Crippen LogP contribution is -2.24. The Hall–Kier alpha value is -2.93. The van der Waals surface area contributed by atoms with E-state index in [0.29, 0.717) is 10.8 Å². The van der Waals surface area contributed by atoms with Crippen LogP contribution in [0, 0.1) is 0 Å². The van der Waals surface area contributed by atoms with Gasteiger partial charge in [-0.2, -0.15) is 4.80 Å². The van der Waals surface area contributed by atoms with Crippen LogP contribution in [0.15, 0.2) is 48.5 Å². The van der Waals surface area contributed by atoms with E-state index >= 15 is 0 Å². The molecule has 2 heterocycles. The molecular formula is C21H23ClN6O. The average molecular weight is 411 g/mol. The van der Waals surface area contributed by atoms with E-state index in [0.717, 1.165) is 24.3 Å².